The van der Waals surface area contributed by atoms with Gasteiger partial charge in [0.15, 0.2) is 9.84 Å². The Morgan fingerprint density at radius 3 is 2.63 bits per heavy atom. The first-order valence-electron chi connectivity index (χ1n) is 5.49. The number of aromatic nitrogens is 2. The SMILES string of the molecule is O=C1N[C@H]2CS(=O)(=O)C[C@H]2N1c1c[nH]c(=O)[nH]c1=O. The second kappa shape index (κ2) is 3.70. The lowest BCUT2D eigenvalue weighted by Crippen LogP contribution is -2.41. The van der Waals surface area contributed by atoms with Crippen LogP contribution in [0, 0.1) is 0 Å². The van der Waals surface area contributed by atoms with Gasteiger partial charge in [0.25, 0.3) is 5.56 Å². The van der Waals surface area contributed by atoms with Gasteiger partial charge in [-0.15, -0.1) is 0 Å². The van der Waals surface area contributed by atoms with Gasteiger partial charge in [-0.1, -0.05) is 0 Å². The fourth-order valence-electron chi connectivity index (χ4n) is 2.47. The van der Waals surface area contributed by atoms with Gasteiger partial charge in [0, 0.05) is 6.20 Å². The van der Waals surface area contributed by atoms with Gasteiger partial charge in [-0.25, -0.2) is 18.0 Å². The van der Waals surface area contributed by atoms with Crippen molar-refractivity contribution in [1.29, 1.82) is 0 Å². The number of aromatic amines is 2. The van der Waals surface area contributed by atoms with E-state index in [2.05, 4.69) is 10.3 Å². The molecular weight excluding hydrogens is 276 g/mol. The Kier molecular flexibility index (Phi) is 2.33. The zero-order valence-corrected chi connectivity index (χ0v) is 10.4. The van der Waals surface area contributed by atoms with E-state index in [4.69, 9.17) is 0 Å². The number of rotatable bonds is 1. The van der Waals surface area contributed by atoms with Gasteiger partial charge in [-0.2, -0.15) is 0 Å². The fraction of sp³-hybridized carbons (Fsp3) is 0.444. The van der Waals surface area contributed by atoms with Crippen LogP contribution in [0.15, 0.2) is 15.8 Å². The first kappa shape index (κ1) is 12.0. The summed E-state index contributed by atoms with van der Waals surface area (Å²) in [7, 11) is -3.23. The third kappa shape index (κ3) is 1.84. The first-order valence-corrected chi connectivity index (χ1v) is 7.32. The van der Waals surface area contributed by atoms with Gasteiger partial charge in [0.1, 0.15) is 5.69 Å². The normalized spacial score (nSPS) is 28.2. The van der Waals surface area contributed by atoms with Crippen LogP contribution in [0.5, 0.6) is 0 Å². The zero-order valence-electron chi connectivity index (χ0n) is 9.54. The van der Waals surface area contributed by atoms with E-state index in [9.17, 15) is 22.8 Å². The maximum Gasteiger partial charge on any atom is 0.325 e. The van der Waals surface area contributed by atoms with Crippen LogP contribution in [0.3, 0.4) is 0 Å². The van der Waals surface area contributed by atoms with Crippen molar-refractivity contribution in [3.63, 3.8) is 0 Å². The second-order valence-corrected chi connectivity index (χ2v) is 6.68. The minimum atomic E-state index is -3.23. The molecule has 2 aliphatic rings. The number of hydrogen-bond acceptors (Lipinski definition) is 5. The molecule has 2 saturated heterocycles. The molecule has 3 rings (SSSR count). The van der Waals surface area contributed by atoms with Crippen LogP contribution in [-0.4, -0.2) is 48.0 Å². The van der Waals surface area contributed by atoms with Crippen LogP contribution >= 0.6 is 0 Å². The average Bonchev–Trinajstić information content (AvgIpc) is 2.70. The Hall–Kier alpha value is -2.10. The Labute approximate surface area is 106 Å². The van der Waals surface area contributed by atoms with Crippen LogP contribution in [0.25, 0.3) is 0 Å². The third-order valence-electron chi connectivity index (χ3n) is 3.24. The molecule has 0 saturated carbocycles. The lowest BCUT2D eigenvalue weighted by molar-refractivity contribution is 0.251. The second-order valence-electron chi connectivity index (χ2n) is 4.53. The summed E-state index contributed by atoms with van der Waals surface area (Å²) in [6, 6.07) is -1.68. The van der Waals surface area contributed by atoms with E-state index in [-0.39, 0.29) is 17.2 Å². The van der Waals surface area contributed by atoms with E-state index in [0.717, 1.165) is 11.1 Å². The van der Waals surface area contributed by atoms with Crippen LogP contribution in [0.2, 0.25) is 0 Å². The summed E-state index contributed by atoms with van der Waals surface area (Å²) < 4.78 is 23.1. The molecule has 2 fully saturated rings. The highest BCUT2D eigenvalue weighted by molar-refractivity contribution is 7.91. The molecule has 2 aliphatic heterocycles. The van der Waals surface area contributed by atoms with Gasteiger partial charge in [0.05, 0.1) is 23.6 Å². The predicted molar refractivity (Wildman–Crippen MR) is 64.9 cm³/mol. The highest BCUT2D eigenvalue weighted by atomic mass is 32.2. The van der Waals surface area contributed by atoms with E-state index >= 15 is 0 Å². The van der Waals surface area contributed by atoms with Gasteiger partial charge in [-0.05, 0) is 0 Å². The number of carbonyl (C=O) groups excluding carboxylic acids is 1. The summed E-state index contributed by atoms with van der Waals surface area (Å²) in [6.45, 7) is 0. The van der Waals surface area contributed by atoms with Crippen molar-refractivity contribution < 1.29 is 13.2 Å². The summed E-state index contributed by atoms with van der Waals surface area (Å²) in [5.41, 5.74) is -1.49. The molecule has 0 spiro atoms. The molecule has 102 valence electrons. The van der Waals surface area contributed by atoms with Crippen molar-refractivity contribution in [2.24, 2.45) is 0 Å². The standard InChI is InChI=1S/C9H10N4O5S/c14-7-5(1-10-8(15)12-7)13-6-3-19(17,18)2-4(6)11-9(13)16/h1,4,6H,2-3H2,(H,11,16)(H2,10,12,14,15)/t4-,6+/m0/s1. The summed E-state index contributed by atoms with van der Waals surface area (Å²) in [4.78, 5) is 39.8. The van der Waals surface area contributed by atoms with Crippen LogP contribution in [0.4, 0.5) is 10.5 Å². The summed E-state index contributed by atoms with van der Waals surface area (Å²) in [6.07, 6.45) is 1.11. The van der Waals surface area contributed by atoms with Crippen molar-refractivity contribution in [3.8, 4) is 0 Å². The van der Waals surface area contributed by atoms with Crippen LogP contribution < -0.4 is 21.5 Å². The van der Waals surface area contributed by atoms with Gasteiger partial charge < -0.3 is 10.3 Å². The molecule has 0 bridgehead atoms. The number of fused-ring (bicyclic) bond motifs is 1. The van der Waals surface area contributed by atoms with Gasteiger partial charge in [-0.3, -0.25) is 14.7 Å². The maximum absolute atomic E-state index is 11.8. The molecule has 1 aromatic heterocycles. The van der Waals surface area contributed by atoms with Crippen molar-refractivity contribution in [2.45, 2.75) is 12.1 Å². The van der Waals surface area contributed by atoms with Crippen LogP contribution in [-0.2, 0) is 9.84 Å². The Balaban J connectivity index is 2.07. The number of H-pyrrole nitrogens is 2. The van der Waals surface area contributed by atoms with Gasteiger partial charge >= 0.3 is 11.7 Å². The number of sulfone groups is 1. The Bertz CT molecular complexity index is 763. The molecule has 0 unspecified atom stereocenters. The molecule has 10 heteroatoms. The molecule has 1 aromatic rings. The van der Waals surface area contributed by atoms with E-state index in [1.807, 2.05) is 4.98 Å². The molecule has 3 N–H and O–H groups in total. The third-order valence-corrected chi connectivity index (χ3v) is 4.96. The lowest BCUT2D eigenvalue weighted by atomic mass is 10.2. The maximum atomic E-state index is 11.8. The number of urea groups is 1. The number of hydrogen-bond donors (Lipinski definition) is 3. The van der Waals surface area contributed by atoms with E-state index in [0.29, 0.717) is 0 Å². The van der Waals surface area contributed by atoms with Crippen molar-refractivity contribution >= 4 is 21.6 Å². The van der Waals surface area contributed by atoms with Crippen molar-refractivity contribution in [2.75, 3.05) is 16.4 Å². The number of anilines is 1. The average molecular weight is 286 g/mol. The molecule has 0 aromatic carbocycles. The topological polar surface area (TPSA) is 132 Å². The highest BCUT2D eigenvalue weighted by Gasteiger charge is 2.49. The quantitative estimate of drug-likeness (QED) is 0.502. The monoisotopic (exact) mass is 286 g/mol. The molecule has 19 heavy (non-hydrogen) atoms. The lowest BCUT2D eigenvalue weighted by Gasteiger charge is -2.19. The summed E-state index contributed by atoms with van der Waals surface area (Å²) >= 11 is 0. The highest BCUT2D eigenvalue weighted by Crippen LogP contribution is 2.26. The number of carbonyl (C=O) groups is 1. The number of amides is 2. The molecule has 0 aliphatic carbocycles. The molecule has 3 heterocycles. The molecule has 0 radical (unpaired) electrons. The number of nitrogens with one attached hydrogen (secondary N) is 3. The molecule has 2 atom stereocenters. The summed E-state index contributed by atoms with van der Waals surface area (Å²) in [5.74, 6) is -0.337. The largest absolute Gasteiger partial charge is 0.332 e. The van der Waals surface area contributed by atoms with Gasteiger partial charge in [0.2, 0.25) is 0 Å². The molecular formula is C9H10N4O5S. The molecule has 9 nitrogen and oxygen atoms in total. The van der Waals surface area contributed by atoms with E-state index < -0.39 is 39.2 Å². The number of nitrogens with zero attached hydrogens (tertiary/aromatic N) is 1. The van der Waals surface area contributed by atoms with Crippen LogP contribution in [0.1, 0.15) is 0 Å². The minimum Gasteiger partial charge on any atom is -0.332 e. The Morgan fingerprint density at radius 1 is 1.21 bits per heavy atom. The van der Waals surface area contributed by atoms with Crippen molar-refractivity contribution in [3.05, 3.63) is 27.0 Å². The fourth-order valence-corrected chi connectivity index (χ4v) is 4.36. The smallest absolute Gasteiger partial charge is 0.325 e. The van der Waals surface area contributed by atoms with Crippen molar-refractivity contribution in [1.82, 2.24) is 15.3 Å². The molecule has 2 amide bonds. The first-order chi connectivity index (χ1) is 8.87. The zero-order chi connectivity index (χ0) is 13.8. The van der Waals surface area contributed by atoms with E-state index in [1.54, 1.807) is 0 Å². The van der Waals surface area contributed by atoms with E-state index in [1.165, 1.54) is 0 Å². The Morgan fingerprint density at radius 2 is 1.95 bits per heavy atom. The minimum absolute atomic E-state index is 0.0679. The summed E-state index contributed by atoms with van der Waals surface area (Å²) in [5, 5.41) is 2.52. The predicted octanol–water partition coefficient (Wildman–Crippen LogP) is -2.24.